The van der Waals surface area contributed by atoms with Crippen LogP contribution in [0.25, 0.3) is 0 Å². The van der Waals surface area contributed by atoms with Crippen molar-refractivity contribution >= 4 is 161 Å². The molecule has 17 rings (SSSR count). The number of nitrogens with zero attached hydrogens (tertiary/aromatic N) is 4. The summed E-state index contributed by atoms with van der Waals surface area (Å²) >= 11 is 3.90. The Bertz CT molecular complexity index is 4540. The van der Waals surface area contributed by atoms with Gasteiger partial charge in [0, 0.05) is 87.8 Å². The SMILES string of the molecule is Cc1cc(C)cc(N(c2cc(C)cc(C)c2)c2cc3c4c(c2)N2c5cc(C(C)(C)C)ccc5B5c6ccc(C(C)(C)C)cc6N6c7cc(N(c8cc(C)cc(C)c8)c8cc(C)cc(C)c8)cc8c7B(c7ccccc7S8)c7cc(c2c5c76)B4c2ccccc2S3)c1. The van der Waals surface area contributed by atoms with Gasteiger partial charge in [-0.15, -0.1) is 0 Å². The van der Waals surface area contributed by atoms with E-state index < -0.39 is 0 Å². The van der Waals surface area contributed by atoms with Crippen LogP contribution < -0.4 is 68.8 Å². The highest BCUT2D eigenvalue weighted by atomic mass is 32.2. The second-order valence-corrected chi connectivity index (χ2v) is 31.4. The van der Waals surface area contributed by atoms with Gasteiger partial charge in [-0.3, -0.25) is 0 Å². The maximum Gasteiger partial charge on any atom is 0.252 e. The van der Waals surface area contributed by atoms with E-state index in [1.165, 1.54) is 181 Å². The van der Waals surface area contributed by atoms with Gasteiger partial charge in [0.15, 0.2) is 0 Å². The molecule has 0 unspecified atom stereocenters. The molecular formula is C82H73B3N4S2. The molecular weight excluding hydrogens is 1140 g/mol. The first-order chi connectivity index (χ1) is 43.6. The van der Waals surface area contributed by atoms with Crippen molar-refractivity contribution in [3.05, 3.63) is 244 Å². The zero-order valence-corrected chi connectivity index (χ0v) is 56.4. The summed E-state index contributed by atoms with van der Waals surface area (Å²) in [4.78, 5) is 15.9. The van der Waals surface area contributed by atoms with Gasteiger partial charge in [0.1, 0.15) is 0 Å². The van der Waals surface area contributed by atoms with Gasteiger partial charge in [-0.05, 0) is 257 Å². The fourth-order valence-corrected chi connectivity index (χ4v) is 19.1. The summed E-state index contributed by atoms with van der Waals surface area (Å²) in [6.45, 7) is 32.1. The molecule has 0 aliphatic carbocycles. The molecule has 11 aromatic rings. The number of fused-ring (bicyclic) bond motifs is 14. The lowest BCUT2D eigenvalue weighted by molar-refractivity contribution is 0.590. The topological polar surface area (TPSA) is 13.0 Å². The normalized spacial score (nSPS) is 14.1. The van der Waals surface area contributed by atoms with Gasteiger partial charge in [-0.2, -0.15) is 0 Å². The van der Waals surface area contributed by atoms with Crippen molar-refractivity contribution in [3.8, 4) is 0 Å². The third-order valence-electron chi connectivity index (χ3n) is 20.2. The van der Waals surface area contributed by atoms with Crippen LogP contribution in [0.3, 0.4) is 0 Å². The molecule has 0 aromatic heterocycles. The summed E-state index contributed by atoms with van der Waals surface area (Å²) < 4.78 is 0. The largest absolute Gasteiger partial charge is 0.312 e. The van der Waals surface area contributed by atoms with Crippen molar-refractivity contribution in [1.82, 2.24) is 0 Å². The van der Waals surface area contributed by atoms with Crippen LogP contribution in [-0.2, 0) is 10.8 Å². The third kappa shape index (κ3) is 8.69. The van der Waals surface area contributed by atoms with Crippen LogP contribution in [0, 0.1) is 55.4 Å². The van der Waals surface area contributed by atoms with E-state index in [1.54, 1.807) is 0 Å². The summed E-state index contributed by atoms with van der Waals surface area (Å²) in [6, 6.07) is 75.1. The van der Waals surface area contributed by atoms with Crippen molar-refractivity contribution in [1.29, 1.82) is 0 Å². The molecule has 0 fully saturated rings. The molecule has 9 heteroatoms. The second-order valence-electron chi connectivity index (χ2n) is 29.3. The van der Waals surface area contributed by atoms with Crippen LogP contribution in [-0.4, -0.2) is 20.1 Å². The quantitative estimate of drug-likeness (QED) is 0.153. The van der Waals surface area contributed by atoms with Crippen LogP contribution in [0.2, 0.25) is 0 Å². The standard InChI is InChI=1S/C82H73B3N4S2/c1-46-27-47(2)32-56(31-46)86(57-33-48(3)28-49(4)34-57)60-41-70-76-74(43-60)90-72-21-17-15-19-64(72)84(76)66-45-67-80-78-79(66)88(70)68-39-54(81(9,10)11)23-25-62(68)83(78)63-26-24-55(82(12,13)14)40-69(63)89(80)71-42-61(44-75-77(71)85(67)65-20-16-18-22-73(65)91-75)87(58-35-50(5)29-51(6)36-58)59-37-52(7)30-53(8)38-59/h15-45H,1-14H3. The number of benzene rings is 11. The Morgan fingerprint density at radius 1 is 0.286 bits per heavy atom. The minimum Gasteiger partial charge on any atom is -0.312 e. The molecule has 6 heterocycles. The minimum atomic E-state index is -0.109. The maximum atomic E-state index is 2.79. The monoisotopic (exact) mass is 1210 g/mol. The fourth-order valence-electron chi connectivity index (χ4n) is 16.7. The molecule has 0 saturated carbocycles. The van der Waals surface area contributed by atoms with E-state index >= 15 is 0 Å². The molecule has 91 heavy (non-hydrogen) atoms. The molecule has 0 radical (unpaired) electrons. The predicted octanol–water partition coefficient (Wildman–Crippen LogP) is 16.4. The van der Waals surface area contributed by atoms with Crippen LogP contribution in [0.5, 0.6) is 0 Å². The van der Waals surface area contributed by atoms with Crippen molar-refractivity contribution in [3.63, 3.8) is 0 Å². The van der Waals surface area contributed by atoms with E-state index in [0.717, 1.165) is 11.4 Å². The number of rotatable bonds is 6. The Kier molecular flexibility index (Phi) is 12.4. The van der Waals surface area contributed by atoms with E-state index in [4.69, 9.17) is 0 Å². The van der Waals surface area contributed by atoms with Gasteiger partial charge in [0.05, 0.1) is 0 Å². The first-order valence-corrected chi connectivity index (χ1v) is 34.2. The zero-order valence-electron chi connectivity index (χ0n) is 54.7. The molecule has 11 aromatic carbocycles. The molecule has 442 valence electrons. The van der Waals surface area contributed by atoms with Crippen LogP contribution in [0.1, 0.15) is 97.2 Å². The third-order valence-corrected chi connectivity index (χ3v) is 22.5. The Labute approximate surface area is 548 Å². The van der Waals surface area contributed by atoms with E-state index in [0.29, 0.717) is 0 Å². The number of aryl methyl sites for hydroxylation is 8. The van der Waals surface area contributed by atoms with Crippen molar-refractivity contribution in [2.75, 3.05) is 19.6 Å². The first kappa shape index (κ1) is 56.5. The van der Waals surface area contributed by atoms with Gasteiger partial charge in [-0.25, -0.2) is 0 Å². The van der Waals surface area contributed by atoms with E-state index in [2.05, 4.69) is 305 Å². The lowest BCUT2D eigenvalue weighted by atomic mass is 9.26. The van der Waals surface area contributed by atoms with Crippen molar-refractivity contribution in [2.45, 2.75) is 127 Å². The van der Waals surface area contributed by atoms with Crippen molar-refractivity contribution < 1.29 is 0 Å². The van der Waals surface area contributed by atoms with Crippen LogP contribution in [0.15, 0.2) is 208 Å². The van der Waals surface area contributed by atoms with Gasteiger partial charge < -0.3 is 19.6 Å². The highest BCUT2D eigenvalue weighted by Gasteiger charge is 2.54. The molecule has 0 amide bonds. The summed E-state index contributed by atoms with van der Waals surface area (Å²) in [5.74, 6) is 0. The van der Waals surface area contributed by atoms with E-state index in [-0.39, 0.29) is 31.0 Å². The highest BCUT2D eigenvalue weighted by molar-refractivity contribution is 8.00. The fraction of sp³-hybridized carbons (Fsp3) is 0.195. The van der Waals surface area contributed by atoms with Crippen LogP contribution >= 0.6 is 23.5 Å². The van der Waals surface area contributed by atoms with Crippen molar-refractivity contribution in [2.24, 2.45) is 0 Å². The van der Waals surface area contributed by atoms with E-state index in [9.17, 15) is 0 Å². The molecule has 4 nitrogen and oxygen atoms in total. The van der Waals surface area contributed by atoms with Gasteiger partial charge in [0.2, 0.25) is 13.4 Å². The average Bonchev–Trinajstić information content (AvgIpc) is 0.664. The van der Waals surface area contributed by atoms with E-state index in [1.807, 2.05) is 23.5 Å². The maximum absolute atomic E-state index is 2.79. The number of hydrogen-bond donors (Lipinski definition) is 0. The molecule has 6 aliphatic heterocycles. The van der Waals surface area contributed by atoms with Crippen LogP contribution in [0.4, 0.5) is 68.2 Å². The lowest BCUT2D eigenvalue weighted by Gasteiger charge is -2.52. The summed E-state index contributed by atoms with van der Waals surface area (Å²) in [5, 5.41) is 0. The van der Waals surface area contributed by atoms with Gasteiger partial charge >= 0.3 is 0 Å². The number of hydrogen-bond acceptors (Lipinski definition) is 6. The Hall–Kier alpha value is -8.49. The minimum absolute atomic E-state index is 0.0353. The average molecular weight is 1210 g/mol. The molecule has 0 spiro atoms. The summed E-state index contributed by atoms with van der Waals surface area (Å²) in [7, 11) is 0. The lowest BCUT2D eigenvalue weighted by Crippen LogP contribution is -2.72. The van der Waals surface area contributed by atoms with Gasteiger partial charge in [0.25, 0.3) is 6.71 Å². The molecule has 0 saturated heterocycles. The second kappa shape index (κ2) is 20.0. The Morgan fingerprint density at radius 2 is 0.604 bits per heavy atom. The highest BCUT2D eigenvalue weighted by Crippen LogP contribution is 2.53. The summed E-state index contributed by atoms with van der Waals surface area (Å²) in [6.07, 6.45) is 0. The Balaban J connectivity index is 1.02. The van der Waals surface area contributed by atoms with Gasteiger partial charge in [-0.1, -0.05) is 167 Å². The first-order valence-electron chi connectivity index (χ1n) is 32.5. The molecule has 0 bridgehead atoms. The number of anilines is 12. The molecule has 6 aliphatic rings. The predicted molar refractivity (Wildman–Crippen MR) is 396 cm³/mol. The Morgan fingerprint density at radius 3 is 0.945 bits per heavy atom. The molecule has 0 atom stereocenters. The molecule has 0 N–H and O–H groups in total. The zero-order chi connectivity index (χ0) is 62.6. The smallest absolute Gasteiger partial charge is 0.252 e. The summed E-state index contributed by atoms with van der Waals surface area (Å²) in [5.41, 5.74) is 39.5.